The largest absolute Gasteiger partial charge is 2.00 e. The minimum absolute atomic E-state index is 0. The Kier molecular flexibility index (Phi) is 7.70. The molecule has 3 aromatic carbocycles. The maximum Gasteiger partial charge on any atom is 2.00 e. The first-order valence-corrected chi connectivity index (χ1v) is 9.75. The van der Waals surface area contributed by atoms with Crippen molar-refractivity contribution in [2.45, 2.75) is 25.0 Å². The minimum atomic E-state index is -0.807. The van der Waals surface area contributed by atoms with Crippen LogP contribution in [0.25, 0.3) is 0 Å². The quantitative estimate of drug-likeness (QED) is 0.421. The number of rotatable bonds is 6. The van der Waals surface area contributed by atoms with Gasteiger partial charge in [0.1, 0.15) is 17.4 Å². The molecule has 0 radical (unpaired) electrons. The van der Waals surface area contributed by atoms with E-state index >= 15 is 0 Å². The Morgan fingerprint density at radius 3 is 2.03 bits per heavy atom. The Bertz CT molecular complexity index is 1040. The Balaban J connectivity index is 0.00000181. The summed E-state index contributed by atoms with van der Waals surface area (Å²) in [6.07, 6.45) is -0.0344. The number of halogens is 2. The number of aliphatic hydroxyl groups is 1. The molecule has 1 aliphatic heterocycles. The second-order valence-corrected chi connectivity index (χ2v) is 7.47. The molecule has 31 heavy (non-hydrogen) atoms. The fourth-order valence-electron chi connectivity index (χ4n) is 3.96. The molecule has 4 nitrogen and oxygen atoms in total. The number of amides is 1. The van der Waals surface area contributed by atoms with Gasteiger partial charge in [0.25, 0.3) is 0 Å². The van der Waals surface area contributed by atoms with Crippen molar-refractivity contribution in [2.24, 2.45) is 5.92 Å². The standard InChI is InChI=1S/C24H21F2NO3.Ca.2H/c25-17-5-1-15(2-6-17)22(29)14-13-21-23(16-3-11-20(28)12-4-16)27(24(21)30)19-9-7-18(26)8-10-19;;;/h1-12,21-23,28-29H,13-14H2;;;/q;+2;2*-1/t21-,22?,23-;;;/m1.../s1. The number of benzene rings is 3. The van der Waals surface area contributed by atoms with Crippen LogP contribution in [0.1, 0.15) is 39.0 Å². The van der Waals surface area contributed by atoms with Crippen LogP contribution in [0, 0.1) is 17.6 Å². The zero-order valence-electron chi connectivity index (χ0n) is 18.8. The maximum atomic E-state index is 13.3. The van der Waals surface area contributed by atoms with Crippen molar-refractivity contribution in [2.75, 3.05) is 4.90 Å². The van der Waals surface area contributed by atoms with Gasteiger partial charge in [-0.2, -0.15) is 0 Å². The molecule has 1 amide bonds. The smallest absolute Gasteiger partial charge is 1.00 e. The molecule has 158 valence electrons. The number of carbonyl (C=O) groups is 1. The van der Waals surface area contributed by atoms with E-state index in [0.29, 0.717) is 24.1 Å². The second kappa shape index (κ2) is 10.1. The van der Waals surface area contributed by atoms with E-state index in [1.807, 2.05) is 0 Å². The van der Waals surface area contributed by atoms with Gasteiger partial charge < -0.3 is 18.0 Å². The molecule has 1 aliphatic rings. The van der Waals surface area contributed by atoms with Crippen molar-refractivity contribution in [3.05, 3.63) is 95.6 Å². The summed E-state index contributed by atoms with van der Waals surface area (Å²) in [7, 11) is 0. The number of phenolic OH excluding ortho intramolecular Hbond substituents is 1. The summed E-state index contributed by atoms with van der Waals surface area (Å²) in [6, 6.07) is 17.7. The molecule has 2 N–H and O–H groups in total. The summed E-state index contributed by atoms with van der Waals surface area (Å²) in [5, 5.41) is 20.1. The van der Waals surface area contributed by atoms with Crippen molar-refractivity contribution in [3.63, 3.8) is 0 Å². The summed E-state index contributed by atoms with van der Waals surface area (Å²) < 4.78 is 26.4. The number of phenols is 1. The van der Waals surface area contributed by atoms with E-state index in [1.54, 1.807) is 41.3 Å². The number of β-lactam (4-membered cyclic amide) rings is 1. The van der Waals surface area contributed by atoms with Crippen LogP contribution >= 0.6 is 0 Å². The average molecular weight is 452 g/mol. The Morgan fingerprint density at radius 1 is 0.903 bits per heavy atom. The first-order valence-electron chi connectivity index (χ1n) is 9.75. The van der Waals surface area contributed by atoms with Gasteiger partial charge in [-0.05, 0) is 72.5 Å². The predicted octanol–water partition coefficient (Wildman–Crippen LogP) is 4.73. The van der Waals surface area contributed by atoms with Gasteiger partial charge in [0, 0.05) is 5.69 Å². The summed E-state index contributed by atoms with van der Waals surface area (Å²) in [4.78, 5) is 14.6. The van der Waals surface area contributed by atoms with E-state index in [9.17, 15) is 23.8 Å². The third-order valence-corrected chi connectivity index (χ3v) is 5.56. The van der Waals surface area contributed by atoms with Gasteiger partial charge in [0.2, 0.25) is 5.91 Å². The van der Waals surface area contributed by atoms with Gasteiger partial charge in [-0.25, -0.2) is 8.78 Å². The molecular formula is C24H23CaF2NO3. The van der Waals surface area contributed by atoms with Crippen LogP contribution in [0.4, 0.5) is 14.5 Å². The van der Waals surface area contributed by atoms with Crippen LogP contribution < -0.4 is 4.90 Å². The number of aromatic hydroxyl groups is 1. The third-order valence-electron chi connectivity index (χ3n) is 5.56. The number of anilines is 1. The first kappa shape index (κ1) is 23.7. The van der Waals surface area contributed by atoms with Crippen LogP contribution in [0.5, 0.6) is 5.75 Å². The molecule has 7 heteroatoms. The van der Waals surface area contributed by atoms with Gasteiger partial charge in [-0.15, -0.1) is 0 Å². The van der Waals surface area contributed by atoms with E-state index in [4.69, 9.17) is 0 Å². The van der Waals surface area contributed by atoms with E-state index in [-0.39, 0.29) is 75.8 Å². The van der Waals surface area contributed by atoms with Crippen molar-refractivity contribution in [1.29, 1.82) is 0 Å². The van der Waals surface area contributed by atoms with Crippen LogP contribution in [0.3, 0.4) is 0 Å². The van der Waals surface area contributed by atoms with Crippen molar-refractivity contribution in [1.82, 2.24) is 0 Å². The summed E-state index contributed by atoms with van der Waals surface area (Å²) in [5.74, 6) is -1.10. The molecule has 0 aliphatic carbocycles. The Morgan fingerprint density at radius 2 is 1.45 bits per heavy atom. The molecule has 4 rings (SSSR count). The molecule has 3 atom stereocenters. The molecule has 0 spiro atoms. The maximum absolute atomic E-state index is 13.3. The SMILES string of the molecule is O=C1[C@H](CCC(O)c2ccc(F)cc2)[C@@H](c2ccc(O)cc2)N1c1ccc(F)cc1.[Ca+2].[H-].[H-]. The minimum Gasteiger partial charge on any atom is -1.00 e. The average Bonchev–Trinajstić information content (AvgIpc) is 2.74. The van der Waals surface area contributed by atoms with E-state index in [1.165, 1.54) is 36.4 Å². The first-order chi connectivity index (χ1) is 14.4. The number of hydrogen-bond acceptors (Lipinski definition) is 3. The van der Waals surface area contributed by atoms with Crippen LogP contribution in [0.2, 0.25) is 0 Å². The molecule has 1 heterocycles. The molecule has 1 unspecified atom stereocenters. The van der Waals surface area contributed by atoms with Crippen molar-refractivity contribution < 1.29 is 26.6 Å². The van der Waals surface area contributed by atoms with E-state index in [0.717, 1.165) is 5.56 Å². The zero-order valence-corrected chi connectivity index (χ0v) is 19.0. The summed E-state index contributed by atoms with van der Waals surface area (Å²) >= 11 is 0. The van der Waals surface area contributed by atoms with Gasteiger partial charge >= 0.3 is 37.7 Å². The zero-order chi connectivity index (χ0) is 21.3. The van der Waals surface area contributed by atoms with Gasteiger partial charge in [0.05, 0.1) is 18.1 Å². The predicted molar refractivity (Wildman–Crippen MR) is 117 cm³/mol. The van der Waals surface area contributed by atoms with Crippen LogP contribution in [-0.2, 0) is 4.79 Å². The van der Waals surface area contributed by atoms with Crippen LogP contribution in [0.15, 0.2) is 72.8 Å². The molecule has 0 aromatic heterocycles. The molecule has 0 saturated carbocycles. The number of hydrogen-bond donors (Lipinski definition) is 2. The molecule has 0 bridgehead atoms. The van der Waals surface area contributed by atoms with Crippen molar-refractivity contribution >= 4 is 49.3 Å². The number of carbonyl (C=O) groups excluding carboxylic acids is 1. The fraction of sp³-hybridized carbons (Fsp3) is 0.208. The van der Waals surface area contributed by atoms with Gasteiger partial charge in [-0.3, -0.25) is 4.79 Å². The van der Waals surface area contributed by atoms with Crippen LogP contribution in [-0.4, -0.2) is 53.9 Å². The van der Waals surface area contributed by atoms with Crippen molar-refractivity contribution in [3.8, 4) is 5.75 Å². The summed E-state index contributed by atoms with van der Waals surface area (Å²) in [6.45, 7) is 0. The van der Waals surface area contributed by atoms with E-state index < -0.39 is 6.10 Å². The van der Waals surface area contributed by atoms with Gasteiger partial charge in [-0.1, -0.05) is 24.3 Å². The normalized spacial score (nSPS) is 18.8. The number of nitrogens with zero attached hydrogens (tertiary/aromatic N) is 1. The molecule has 1 fully saturated rings. The second-order valence-electron chi connectivity index (χ2n) is 7.47. The molecule has 1 saturated heterocycles. The molecular weight excluding hydrogens is 428 g/mol. The third kappa shape index (κ3) is 5.09. The van der Waals surface area contributed by atoms with E-state index in [2.05, 4.69) is 0 Å². The topological polar surface area (TPSA) is 60.8 Å². The monoisotopic (exact) mass is 451 g/mol. The fourth-order valence-corrected chi connectivity index (χ4v) is 3.96. The summed E-state index contributed by atoms with van der Waals surface area (Å²) in [5.41, 5.74) is 2.03. The van der Waals surface area contributed by atoms with Gasteiger partial charge in [0.15, 0.2) is 0 Å². The molecule has 3 aromatic rings. The Labute approximate surface area is 212 Å². The Hall–Kier alpha value is -1.99. The number of aliphatic hydroxyl groups excluding tert-OH is 1.